The smallest absolute Gasteiger partial charge is 0.307 e. The van der Waals surface area contributed by atoms with Crippen molar-refractivity contribution in [3.8, 4) is 0 Å². The molecule has 0 bridgehead atoms. The van der Waals surface area contributed by atoms with Gasteiger partial charge >= 0.3 is 7.82 Å². The third-order valence-electron chi connectivity index (χ3n) is 5.81. The van der Waals surface area contributed by atoms with Crippen LogP contribution in [0.3, 0.4) is 0 Å². The first-order valence-electron chi connectivity index (χ1n) is 13.0. The number of hydrogen-bond donors (Lipinski definition) is 1. The Morgan fingerprint density at radius 1 is 0.844 bits per heavy atom. The Morgan fingerprint density at radius 2 is 1.31 bits per heavy atom. The van der Waals surface area contributed by atoms with Crippen LogP contribution in [-0.2, 0) is 18.4 Å². The van der Waals surface area contributed by atoms with E-state index in [1.165, 1.54) is 77.0 Å². The molecule has 0 aromatic carbocycles. The molecule has 192 valence electrons. The van der Waals surface area contributed by atoms with Gasteiger partial charge in [-0.25, -0.2) is 4.57 Å². The lowest BCUT2D eigenvalue weighted by molar-refractivity contribution is -0.118. The molecule has 0 aliphatic rings. The summed E-state index contributed by atoms with van der Waals surface area (Å²) in [5.74, 6) is 0.0630. The van der Waals surface area contributed by atoms with Crippen molar-refractivity contribution >= 4 is 13.6 Å². The Labute approximate surface area is 198 Å². The molecule has 0 aliphatic carbocycles. The van der Waals surface area contributed by atoms with Crippen LogP contribution in [0.25, 0.3) is 0 Å². The van der Waals surface area contributed by atoms with Crippen LogP contribution in [0.15, 0.2) is 0 Å². The zero-order chi connectivity index (χ0) is 24.1. The van der Waals surface area contributed by atoms with E-state index in [9.17, 15) is 14.3 Å². The summed E-state index contributed by atoms with van der Waals surface area (Å²) in [6.45, 7) is 4.60. The van der Waals surface area contributed by atoms with Gasteiger partial charge in [0.15, 0.2) is 0 Å². The number of ketones is 1. The van der Waals surface area contributed by atoms with Crippen LogP contribution >= 0.6 is 7.82 Å². The fraction of sp³-hybridized carbons (Fsp3) is 0.960. The number of likely N-dealkylation sites (N-methyl/N-ethyl adjacent to an activating group) is 1. The molecule has 2 unspecified atom stereocenters. The van der Waals surface area contributed by atoms with Gasteiger partial charge in [-0.1, -0.05) is 96.8 Å². The zero-order valence-electron chi connectivity index (χ0n) is 21.5. The van der Waals surface area contributed by atoms with Gasteiger partial charge in [-0.15, -0.1) is 0 Å². The Morgan fingerprint density at radius 3 is 1.75 bits per heavy atom. The van der Waals surface area contributed by atoms with Crippen LogP contribution in [-0.4, -0.2) is 49.4 Å². The number of nitrogens with zero attached hydrogens (tertiary/aromatic N) is 1. The highest BCUT2D eigenvalue weighted by molar-refractivity contribution is 7.47. The molecule has 0 aromatic rings. The van der Waals surface area contributed by atoms with Crippen LogP contribution < -0.4 is 0 Å². The van der Waals surface area contributed by atoms with Crippen molar-refractivity contribution in [3.05, 3.63) is 0 Å². The minimum absolute atomic E-state index is 0.0252. The lowest BCUT2D eigenvalue weighted by atomic mass is 9.96. The number of carbonyl (C=O) groups is 1. The van der Waals surface area contributed by atoms with Gasteiger partial charge in [-0.05, 0) is 33.4 Å². The summed E-state index contributed by atoms with van der Waals surface area (Å²) in [5, 5.41) is 0. The standard InChI is InChI=1S/C25H52NO5P/c1-5-6-7-8-9-10-11-12-13-14-15-16-17-18-19-25(22-24(2)27)23-31-32(28,29)30-21-20-26(3)4/h25H,5-23H2,1-4H3,(H,28,29). The maximum Gasteiger partial charge on any atom is 0.472 e. The normalized spacial score (nSPS) is 14.6. The fourth-order valence-electron chi connectivity index (χ4n) is 3.85. The van der Waals surface area contributed by atoms with E-state index in [1.54, 1.807) is 6.92 Å². The second-order valence-corrected chi connectivity index (χ2v) is 11.0. The quantitative estimate of drug-likeness (QED) is 0.117. The van der Waals surface area contributed by atoms with Gasteiger partial charge < -0.3 is 14.6 Å². The van der Waals surface area contributed by atoms with E-state index in [4.69, 9.17) is 9.05 Å². The minimum Gasteiger partial charge on any atom is -0.307 e. The number of carbonyl (C=O) groups excluding carboxylic acids is 1. The molecule has 6 nitrogen and oxygen atoms in total. The summed E-state index contributed by atoms with van der Waals surface area (Å²) in [6.07, 6.45) is 19.6. The molecular weight excluding hydrogens is 425 g/mol. The molecule has 0 fully saturated rings. The molecular formula is C25H52NO5P. The summed E-state index contributed by atoms with van der Waals surface area (Å²) in [6, 6.07) is 0. The van der Waals surface area contributed by atoms with Gasteiger partial charge in [0.2, 0.25) is 0 Å². The van der Waals surface area contributed by atoms with Crippen molar-refractivity contribution in [2.45, 2.75) is 117 Å². The summed E-state index contributed by atoms with van der Waals surface area (Å²) in [5.41, 5.74) is 0. The van der Waals surface area contributed by atoms with Crippen molar-refractivity contribution in [1.82, 2.24) is 4.90 Å². The largest absolute Gasteiger partial charge is 0.472 e. The first-order chi connectivity index (χ1) is 15.3. The number of rotatable bonds is 24. The average Bonchev–Trinajstić information content (AvgIpc) is 2.71. The second-order valence-electron chi connectivity index (χ2n) is 9.56. The molecule has 0 rings (SSSR count). The van der Waals surface area contributed by atoms with Crippen LogP contribution in [0, 0.1) is 5.92 Å². The maximum absolute atomic E-state index is 12.0. The number of phosphoric ester groups is 1. The molecule has 0 radical (unpaired) electrons. The third kappa shape index (κ3) is 22.9. The van der Waals surface area contributed by atoms with Gasteiger partial charge in [-0.2, -0.15) is 0 Å². The van der Waals surface area contributed by atoms with E-state index in [-0.39, 0.29) is 24.9 Å². The number of unbranched alkanes of at least 4 members (excludes halogenated alkanes) is 13. The molecule has 0 heterocycles. The fourth-order valence-corrected chi connectivity index (χ4v) is 4.64. The van der Waals surface area contributed by atoms with E-state index < -0.39 is 7.82 Å². The van der Waals surface area contributed by atoms with Crippen molar-refractivity contribution in [2.75, 3.05) is 33.9 Å². The highest BCUT2D eigenvalue weighted by atomic mass is 31.2. The predicted molar refractivity (Wildman–Crippen MR) is 134 cm³/mol. The second kappa shape index (κ2) is 21.3. The molecule has 2 atom stereocenters. The van der Waals surface area contributed by atoms with Crippen LogP contribution in [0.2, 0.25) is 0 Å². The molecule has 0 spiro atoms. The molecule has 32 heavy (non-hydrogen) atoms. The van der Waals surface area contributed by atoms with E-state index in [0.717, 1.165) is 19.3 Å². The third-order valence-corrected chi connectivity index (χ3v) is 6.79. The van der Waals surface area contributed by atoms with Crippen molar-refractivity contribution < 1.29 is 23.3 Å². The lowest BCUT2D eigenvalue weighted by Gasteiger charge is -2.19. The minimum atomic E-state index is -4.06. The highest BCUT2D eigenvalue weighted by Gasteiger charge is 2.23. The van der Waals surface area contributed by atoms with Crippen LogP contribution in [0.1, 0.15) is 117 Å². The summed E-state index contributed by atoms with van der Waals surface area (Å²) in [4.78, 5) is 23.2. The number of hydrogen-bond acceptors (Lipinski definition) is 5. The van der Waals surface area contributed by atoms with E-state index in [1.807, 2.05) is 19.0 Å². The molecule has 0 aliphatic heterocycles. The maximum atomic E-state index is 12.0. The Hall–Kier alpha value is -0.260. The molecule has 7 heteroatoms. The van der Waals surface area contributed by atoms with Gasteiger partial charge in [0, 0.05) is 13.0 Å². The number of Topliss-reactive ketones (excluding diaryl/α,β-unsaturated/α-hetero) is 1. The Balaban J connectivity index is 3.79. The monoisotopic (exact) mass is 477 g/mol. The van der Waals surface area contributed by atoms with E-state index in [2.05, 4.69) is 6.92 Å². The first kappa shape index (κ1) is 31.7. The predicted octanol–water partition coefficient (Wildman–Crippen LogP) is 7.15. The van der Waals surface area contributed by atoms with Crippen molar-refractivity contribution in [3.63, 3.8) is 0 Å². The van der Waals surface area contributed by atoms with Crippen LogP contribution in [0.4, 0.5) is 0 Å². The molecule has 0 amide bonds. The Bertz CT molecular complexity index is 487. The van der Waals surface area contributed by atoms with Crippen molar-refractivity contribution in [2.24, 2.45) is 5.92 Å². The molecule has 0 saturated carbocycles. The molecule has 0 saturated heterocycles. The van der Waals surface area contributed by atoms with Crippen molar-refractivity contribution in [1.29, 1.82) is 0 Å². The highest BCUT2D eigenvalue weighted by Crippen LogP contribution is 2.43. The first-order valence-corrected chi connectivity index (χ1v) is 14.5. The summed E-state index contributed by atoms with van der Waals surface area (Å²) < 4.78 is 22.1. The SMILES string of the molecule is CCCCCCCCCCCCCCCCC(COP(=O)(O)OCCN(C)C)CC(C)=O. The van der Waals surface area contributed by atoms with E-state index in [0.29, 0.717) is 13.0 Å². The summed E-state index contributed by atoms with van der Waals surface area (Å²) >= 11 is 0. The Kier molecular flexibility index (Phi) is 21.1. The van der Waals surface area contributed by atoms with Gasteiger partial charge in [0.05, 0.1) is 13.2 Å². The van der Waals surface area contributed by atoms with E-state index >= 15 is 0 Å². The average molecular weight is 478 g/mol. The van der Waals surface area contributed by atoms with Gasteiger partial charge in [0.25, 0.3) is 0 Å². The van der Waals surface area contributed by atoms with Crippen LogP contribution in [0.5, 0.6) is 0 Å². The topological polar surface area (TPSA) is 76.1 Å². The molecule has 1 N–H and O–H groups in total. The zero-order valence-corrected chi connectivity index (χ0v) is 22.4. The number of phosphoric acid groups is 1. The molecule has 0 aromatic heterocycles. The lowest BCUT2D eigenvalue weighted by Crippen LogP contribution is -2.18. The summed E-state index contributed by atoms with van der Waals surface area (Å²) in [7, 11) is -0.323. The van der Waals surface area contributed by atoms with Gasteiger partial charge in [-0.3, -0.25) is 9.05 Å². The van der Waals surface area contributed by atoms with Gasteiger partial charge in [0.1, 0.15) is 5.78 Å².